The van der Waals surface area contributed by atoms with Gasteiger partial charge in [0, 0.05) is 31.0 Å². The second-order valence-electron chi connectivity index (χ2n) is 6.67. The molecule has 0 aliphatic heterocycles. The summed E-state index contributed by atoms with van der Waals surface area (Å²) in [6, 6.07) is 5.03. The molecule has 152 valence electrons. The number of benzene rings is 1. The fourth-order valence-electron chi connectivity index (χ4n) is 3.33. The molecule has 0 bridgehead atoms. The molecule has 2 aromatic rings. The Morgan fingerprint density at radius 1 is 1.39 bits per heavy atom. The quantitative estimate of drug-likeness (QED) is 0.728. The summed E-state index contributed by atoms with van der Waals surface area (Å²) in [5.41, 5.74) is 0.767. The molecule has 1 aromatic heterocycles. The number of alkyl halides is 2. The number of aryl methyl sites for hydroxylation is 1. The first-order valence-electron chi connectivity index (χ1n) is 8.98. The molecule has 0 saturated heterocycles. The molecule has 9 heteroatoms. The van der Waals surface area contributed by atoms with Crippen molar-refractivity contribution in [3.05, 3.63) is 28.9 Å². The van der Waals surface area contributed by atoms with Crippen LogP contribution in [-0.4, -0.2) is 40.0 Å². The van der Waals surface area contributed by atoms with Crippen molar-refractivity contribution >= 4 is 17.6 Å². The first kappa shape index (κ1) is 20.4. The number of hydrogen-bond donors (Lipinski definition) is 1. The number of carboxylic acids is 1. The van der Waals surface area contributed by atoms with Gasteiger partial charge in [-0.1, -0.05) is 11.6 Å². The van der Waals surface area contributed by atoms with Gasteiger partial charge in [-0.25, -0.2) is 13.6 Å². The van der Waals surface area contributed by atoms with E-state index in [2.05, 4.69) is 5.10 Å². The topological polar surface area (TPSA) is 73.6 Å². The molecule has 1 N–H and O–H groups in total. The average molecular weight is 415 g/mol. The highest BCUT2D eigenvalue weighted by molar-refractivity contribution is 6.35. The fraction of sp³-hybridized carbons (Fsp3) is 0.474. The fourth-order valence-corrected chi connectivity index (χ4v) is 3.65. The number of carbonyl (C=O) groups is 1. The molecular formula is C19H21ClF2N2O4. The van der Waals surface area contributed by atoms with Gasteiger partial charge in [-0.2, -0.15) is 5.10 Å². The van der Waals surface area contributed by atoms with E-state index in [9.17, 15) is 18.7 Å². The minimum Gasteiger partial charge on any atom is -0.496 e. The number of hydrogen-bond acceptors (Lipinski definition) is 4. The van der Waals surface area contributed by atoms with Gasteiger partial charge in [0.2, 0.25) is 5.92 Å². The van der Waals surface area contributed by atoms with E-state index in [0.717, 1.165) is 0 Å². The van der Waals surface area contributed by atoms with Crippen LogP contribution >= 0.6 is 11.6 Å². The lowest BCUT2D eigenvalue weighted by atomic mass is 9.94. The maximum absolute atomic E-state index is 13.3. The molecule has 6 nitrogen and oxygen atoms in total. The van der Waals surface area contributed by atoms with Crippen LogP contribution in [-0.2, 0) is 6.54 Å². The normalized spacial score (nSPS) is 16.8. The molecule has 1 heterocycles. The van der Waals surface area contributed by atoms with Gasteiger partial charge in [-0.3, -0.25) is 4.68 Å². The summed E-state index contributed by atoms with van der Waals surface area (Å²) in [5, 5.41) is 13.3. The van der Waals surface area contributed by atoms with Gasteiger partial charge < -0.3 is 14.6 Å². The smallest absolute Gasteiger partial charge is 0.358 e. The average Bonchev–Trinajstić information content (AvgIpc) is 3.00. The summed E-state index contributed by atoms with van der Waals surface area (Å²) >= 11 is 6.27. The highest BCUT2D eigenvalue weighted by Gasteiger charge is 2.35. The van der Waals surface area contributed by atoms with Crippen molar-refractivity contribution in [2.45, 2.75) is 51.2 Å². The van der Waals surface area contributed by atoms with Gasteiger partial charge in [0.1, 0.15) is 16.5 Å². The number of nitrogens with zero attached hydrogens (tertiary/aromatic N) is 2. The molecule has 0 unspecified atom stereocenters. The van der Waals surface area contributed by atoms with E-state index in [0.29, 0.717) is 29.3 Å². The first-order chi connectivity index (χ1) is 13.3. The van der Waals surface area contributed by atoms with Crippen molar-refractivity contribution in [3.8, 4) is 22.8 Å². The Morgan fingerprint density at radius 2 is 2.07 bits per heavy atom. The minimum absolute atomic E-state index is 0.0239. The number of aromatic nitrogens is 2. The zero-order valence-electron chi connectivity index (χ0n) is 15.5. The predicted octanol–water partition coefficient (Wildman–Crippen LogP) is 4.89. The van der Waals surface area contributed by atoms with Crippen LogP contribution in [0.5, 0.6) is 11.5 Å². The predicted molar refractivity (Wildman–Crippen MR) is 99.7 cm³/mol. The van der Waals surface area contributed by atoms with Crippen LogP contribution in [0.15, 0.2) is 18.2 Å². The number of carboxylic acid groups (broad SMARTS) is 1. The second-order valence-corrected chi connectivity index (χ2v) is 7.05. The molecule has 28 heavy (non-hydrogen) atoms. The molecule has 1 aromatic carbocycles. The summed E-state index contributed by atoms with van der Waals surface area (Å²) in [4.78, 5) is 11.3. The van der Waals surface area contributed by atoms with Crippen molar-refractivity contribution in [1.29, 1.82) is 0 Å². The number of methoxy groups -OCH3 is 1. The summed E-state index contributed by atoms with van der Waals surface area (Å²) in [6.07, 6.45) is -0.0775. The van der Waals surface area contributed by atoms with E-state index >= 15 is 0 Å². The van der Waals surface area contributed by atoms with Crippen LogP contribution in [0.1, 0.15) is 43.1 Å². The Bertz CT molecular complexity index is 875. The molecule has 1 aliphatic carbocycles. The van der Waals surface area contributed by atoms with Crippen LogP contribution in [0.3, 0.4) is 0 Å². The minimum atomic E-state index is -2.61. The highest BCUT2D eigenvalue weighted by Crippen LogP contribution is 2.40. The zero-order valence-corrected chi connectivity index (χ0v) is 16.3. The molecule has 1 saturated carbocycles. The van der Waals surface area contributed by atoms with Crippen LogP contribution in [0.25, 0.3) is 11.3 Å². The zero-order chi connectivity index (χ0) is 20.5. The third kappa shape index (κ3) is 4.06. The van der Waals surface area contributed by atoms with Gasteiger partial charge >= 0.3 is 5.97 Å². The number of rotatable bonds is 6. The lowest BCUT2D eigenvalue weighted by Gasteiger charge is -2.28. The van der Waals surface area contributed by atoms with E-state index in [1.807, 2.05) is 6.92 Å². The maximum atomic E-state index is 13.3. The highest BCUT2D eigenvalue weighted by atomic mass is 35.5. The molecule has 1 aliphatic rings. The van der Waals surface area contributed by atoms with Crippen molar-refractivity contribution in [3.63, 3.8) is 0 Å². The maximum Gasteiger partial charge on any atom is 0.358 e. The van der Waals surface area contributed by atoms with Gasteiger partial charge in [0.15, 0.2) is 5.69 Å². The third-order valence-corrected chi connectivity index (χ3v) is 5.15. The molecule has 0 radical (unpaired) electrons. The van der Waals surface area contributed by atoms with Crippen molar-refractivity contribution < 1.29 is 28.2 Å². The van der Waals surface area contributed by atoms with Gasteiger partial charge in [-0.05, 0) is 31.9 Å². The van der Waals surface area contributed by atoms with Crippen molar-refractivity contribution in [2.75, 3.05) is 7.11 Å². The standard InChI is InChI=1S/C19H21ClF2N2O4/c1-3-24-17(15(20)16(23-24)18(25)26)13-5-4-12(10-14(13)27-2)28-11-6-8-19(21,22)9-7-11/h4-5,10-11H,3,6-9H2,1-2H3,(H,25,26). The molecule has 1 fully saturated rings. The van der Waals surface area contributed by atoms with E-state index in [1.54, 1.807) is 18.2 Å². The molecule has 0 atom stereocenters. The van der Waals surface area contributed by atoms with E-state index in [4.69, 9.17) is 21.1 Å². The third-order valence-electron chi connectivity index (χ3n) is 4.79. The Balaban J connectivity index is 1.90. The summed E-state index contributed by atoms with van der Waals surface area (Å²) in [7, 11) is 1.47. The van der Waals surface area contributed by atoms with Gasteiger partial charge in [-0.15, -0.1) is 0 Å². The number of ether oxygens (including phenoxy) is 2. The van der Waals surface area contributed by atoms with Crippen molar-refractivity contribution in [1.82, 2.24) is 9.78 Å². The number of aromatic carboxylic acids is 1. The van der Waals surface area contributed by atoms with Crippen LogP contribution < -0.4 is 9.47 Å². The van der Waals surface area contributed by atoms with Gasteiger partial charge in [0.25, 0.3) is 0 Å². The Labute approximate surface area is 166 Å². The van der Waals surface area contributed by atoms with E-state index in [1.165, 1.54) is 11.8 Å². The molecule has 0 amide bonds. The lowest BCUT2D eigenvalue weighted by Crippen LogP contribution is -2.30. The summed E-state index contributed by atoms with van der Waals surface area (Å²) in [6.45, 7) is 2.24. The second kappa shape index (κ2) is 7.95. The largest absolute Gasteiger partial charge is 0.496 e. The molecule has 3 rings (SSSR count). The van der Waals surface area contributed by atoms with E-state index in [-0.39, 0.29) is 42.5 Å². The Kier molecular flexibility index (Phi) is 5.79. The Morgan fingerprint density at radius 3 is 2.64 bits per heavy atom. The van der Waals surface area contributed by atoms with Crippen LogP contribution in [0, 0.1) is 0 Å². The monoisotopic (exact) mass is 414 g/mol. The summed E-state index contributed by atoms with van der Waals surface area (Å²) < 4.78 is 39.4. The number of halogens is 3. The van der Waals surface area contributed by atoms with Crippen molar-refractivity contribution in [2.24, 2.45) is 0 Å². The SMILES string of the molecule is CCn1nc(C(=O)O)c(Cl)c1-c1ccc(OC2CCC(F)(F)CC2)cc1OC. The first-order valence-corrected chi connectivity index (χ1v) is 9.36. The molecule has 0 spiro atoms. The van der Waals surface area contributed by atoms with Crippen LogP contribution in [0.2, 0.25) is 5.02 Å². The summed E-state index contributed by atoms with van der Waals surface area (Å²) in [5.74, 6) is -2.91. The lowest BCUT2D eigenvalue weighted by molar-refractivity contribution is -0.0582. The van der Waals surface area contributed by atoms with Crippen LogP contribution in [0.4, 0.5) is 8.78 Å². The van der Waals surface area contributed by atoms with Gasteiger partial charge in [0.05, 0.1) is 18.9 Å². The molecular weight excluding hydrogens is 394 g/mol. The Hall–Kier alpha value is -2.35. The van der Waals surface area contributed by atoms with E-state index < -0.39 is 11.9 Å².